The fourth-order valence-corrected chi connectivity index (χ4v) is 3.64. The molecule has 1 N–H and O–H groups in total. The van der Waals surface area contributed by atoms with Crippen molar-refractivity contribution in [3.63, 3.8) is 0 Å². The van der Waals surface area contributed by atoms with Crippen LogP contribution >= 0.6 is 13.5 Å². The second kappa shape index (κ2) is 9.35. The monoisotopic (exact) mass is 451 g/mol. The van der Waals surface area contributed by atoms with Gasteiger partial charge in [-0.15, -0.1) is 0 Å². The molecule has 4 aromatic rings. The first-order chi connectivity index (χ1) is 15.2. The Bertz CT molecular complexity index is 1260. The third-order valence-corrected chi connectivity index (χ3v) is 5.21. The number of rotatable bonds is 5. The van der Waals surface area contributed by atoms with Crippen LogP contribution in [0.5, 0.6) is 11.6 Å². The Labute approximate surface area is 191 Å². The number of hydrogen-bond donors (Lipinski definition) is 1. The first kappa shape index (κ1) is 21.8. The van der Waals surface area contributed by atoms with Crippen LogP contribution in [-0.4, -0.2) is 39.7 Å². The van der Waals surface area contributed by atoms with Crippen LogP contribution in [0.3, 0.4) is 0 Å². The zero-order valence-electron chi connectivity index (χ0n) is 17.4. The molecule has 0 unspecified atom stereocenters. The maximum Gasteiger partial charge on any atom is 0.257 e. The van der Waals surface area contributed by atoms with Crippen molar-refractivity contribution in [3.8, 4) is 22.9 Å². The van der Waals surface area contributed by atoms with Gasteiger partial charge in [0.2, 0.25) is 0 Å². The molecule has 1 aliphatic rings. The summed E-state index contributed by atoms with van der Waals surface area (Å²) >= 11 is 0. The van der Waals surface area contributed by atoms with Gasteiger partial charge >= 0.3 is 0 Å². The van der Waals surface area contributed by atoms with Crippen molar-refractivity contribution < 1.29 is 13.9 Å². The van der Waals surface area contributed by atoms with E-state index in [1.165, 1.54) is 12.4 Å². The fourth-order valence-electron chi connectivity index (χ4n) is 3.64. The molecule has 1 aliphatic heterocycles. The van der Waals surface area contributed by atoms with Crippen LogP contribution in [-0.2, 0) is 0 Å². The smallest absolute Gasteiger partial charge is 0.257 e. The molecule has 7 nitrogen and oxygen atoms in total. The second-order valence-corrected chi connectivity index (χ2v) is 7.34. The van der Waals surface area contributed by atoms with Gasteiger partial charge in [-0.25, -0.2) is 19.3 Å². The molecule has 0 aliphatic carbocycles. The van der Waals surface area contributed by atoms with E-state index in [1.54, 1.807) is 18.5 Å². The van der Waals surface area contributed by atoms with Gasteiger partial charge in [0.15, 0.2) is 5.75 Å². The van der Waals surface area contributed by atoms with Crippen LogP contribution in [0.4, 0.5) is 10.2 Å². The highest BCUT2D eigenvalue weighted by Gasteiger charge is 2.20. The van der Waals surface area contributed by atoms with E-state index in [0.717, 1.165) is 10.9 Å². The summed E-state index contributed by atoms with van der Waals surface area (Å²) in [5.41, 5.74) is 2.67. The molecular weight excluding hydrogens is 429 g/mol. The standard InChI is InChI=1S/C23H20FN5O2.H2S/c1-14(17-4-6-26-23-22(17)30-7-8-31-23)12-27-20-11-19(28-13-29-20)16-9-15-3-2-5-25-21(15)18(24)10-16;/h2-6,9-11,13-14H,7-8,12H2,1H3,(H,27,28,29);1H2/t14-;/m1./s1. The number of halogens is 1. The van der Waals surface area contributed by atoms with Gasteiger partial charge in [0.25, 0.3) is 5.88 Å². The summed E-state index contributed by atoms with van der Waals surface area (Å²) in [6.07, 6.45) is 4.78. The molecule has 0 spiro atoms. The highest BCUT2D eigenvalue weighted by Crippen LogP contribution is 2.35. The van der Waals surface area contributed by atoms with Gasteiger partial charge in [0, 0.05) is 47.4 Å². The summed E-state index contributed by atoms with van der Waals surface area (Å²) in [5.74, 6) is 1.64. The predicted octanol–water partition coefficient (Wildman–Crippen LogP) is 4.33. The Kier molecular flexibility index (Phi) is 6.36. The number of benzene rings is 1. The number of hydrogen-bond acceptors (Lipinski definition) is 7. The maximum absolute atomic E-state index is 14.5. The van der Waals surface area contributed by atoms with Gasteiger partial charge in [0.05, 0.1) is 5.69 Å². The number of aromatic nitrogens is 4. The van der Waals surface area contributed by atoms with E-state index >= 15 is 0 Å². The molecule has 0 bridgehead atoms. The van der Waals surface area contributed by atoms with Gasteiger partial charge in [-0.2, -0.15) is 13.5 Å². The molecule has 9 heteroatoms. The van der Waals surface area contributed by atoms with E-state index in [9.17, 15) is 4.39 Å². The van der Waals surface area contributed by atoms with Crippen LogP contribution in [0, 0.1) is 5.82 Å². The lowest BCUT2D eigenvalue weighted by Gasteiger charge is -2.22. The van der Waals surface area contributed by atoms with Crippen LogP contribution in [0.1, 0.15) is 18.4 Å². The first-order valence-corrected chi connectivity index (χ1v) is 10.0. The molecule has 0 saturated heterocycles. The maximum atomic E-state index is 14.5. The number of fused-ring (bicyclic) bond motifs is 2. The van der Waals surface area contributed by atoms with Crippen molar-refractivity contribution >= 4 is 30.2 Å². The van der Waals surface area contributed by atoms with Crippen LogP contribution < -0.4 is 14.8 Å². The molecule has 1 aromatic carbocycles. The number of nitrogens with zero attached hydrogens (tertiary/aromatic N) is 4. The summed E-state index contributed by atoms with van der Waals surface area (Å²) in [4.78, 5) is 17.0. The molecule has 4 heterocycles. The van der Waals surface area contributed by atoms with E-state index < -0.39 is 0 Å². The molecule has 164 valence electrons. The Balaban J connectivity index is 0.00000245. The zero-order chi connectivity index (χ0) is 21.2. The van der Waals surface area contributed by atoms with E-state index in [1.807, 2.05) is 24.3 Å². The molecule has 0 fully saturated rings. The molecule has 0 amide bonds. The van der Waals surface area contributed by atoms with Gasteiger partial charge in [-0.05, 0) is 24.3 Å². The van der Waals surface area contributed by atoms with Crippen LogP contribution in [0.2, 0.25) is 0 Å². The highest BCUT2D eigenvalue weighted by atomic mass is 32.1. The number of pyridine rings is 2. The molecular formula is C23H22FN5O2S. The van der Waals surface area contributed by atoms with E-state index in [2.05, 4.69) is 32.2 Å². The quantitative estimate of drug-likeness (QED) is 0.484. The van der Waals surface area contributed by atoms with Crippen molar-refractivity contribution in [2.45, 2.75) is 12.8 Å². The minimum atomic E-state index is -0.375. The van der Waals surface area contributed by atoms with E-state index in [0.29, 0.717) is 54.0 Å². The van der Waals surface area contributed by atoms with Crippen molar-refractivity contribution in [1.29, 1.82) is 0 Å². The lowest BCUT2D eigenvalue weighted by atomic mass is 10.0. The number of ether oxygens (including phenoxy) is 2. The van der Waals surface area contributed by atoms with Crippen molar-refractivity contribution in [2.24, 2.45) is 0 Å². The van der Waals surface area contributed by atoms with Crippen molar-refractivity contribution in [3.05, 3.63) is 66.5 Å². The molecule has 32 heavy (non-hydrogen) atoms. The molecule has 0 radical (unpaired) electrons. The van der Waals surface area contributed by atoms with Crippen molar-refractivity contribution in [2.75, 3.05) is 25.1 Å². The number of anilines is 1. The lowest BCUT2D eigenvalue weighted by Crippen LogP contribution is -2.19. The molecule has 3 aromatic heterocycles. The lowest BCUT2D eigenvalue weighted by molar-refractivity contribution is 0.162. The van der Waals surface area contributed by atoms with Gasteiger partial charge in [-0.3, -0.25) is 4.98 Å². The first-order valence-electron chi connectivity index (χ1n) is 10.0. The fraction of sp³-hybridized carbons (Fsp3) is 0.217. The van der Waals surface area contributed by atoms with Gasteiger partial charge in [0.1, 0.15) is 36.7 Å². The van der Waals surface area contributed by atoms with Gasteiger partial charge < -0.3 is 14.8 Å². The minimum absolute atomic E-state index is 0. The third-order valence-electron chi connectivity index (χ3n) is 5.21. The largest absolute Gasteiger partial charge is 0.484 e. The Morgan fingerprint density at radius 1 is 1.03 bits per heavy atom. The summed E-state index contributed by atoms with van der Waals surface area (Å²) in [6, 6.07) is 10.7. The van der Waals surface area contributed by atoms with E-state index in [-0.39, 0.29) is 25.2 Å². The van der Waals surface area contributed by atoms with Crippen LogP contribution in [0.25, 0.3) is 22.2 Å². The van der Waals surface area contributed by atoms with Crippen molar-refractivity contribution in [1.82, 2.24) is 19.9 Å². The molecule has 5 rings (SSSR count). The molecule has 0 saturated carbocycles. The van der Waals surface area contributed by atoms with Crippen LogP contribution in [0.15, 0.2) is 55.1 Å². The third kappa shape index (κ3) is 4.29. The van der Waals surface area contributed by atoms with E-state index in [4.69, 9.17) is 9.47 Å². The van der Waals surface area contributed by atoms with Gasteiger partial charge in [-0.1, -0.05) is 13.0 Å². The predicted molar refractivity (Wildman–Crippen MR) is 125 cm³/mol. The Morgan fingerprint density at radius 2 is 1.91 bits per heavy atom. The minimum Gasteiger partial charge on any atom is -0.484 e. The summed E-state index contributed by atoms with van der Waals surface area (Å²) in [7, 11) is 0. The normalized spacial score (nSPS) is 13.3. The SMILES string of the molecule is C[C@H](CNc1cc(-c2cc(F)c3ncccc3c2)ncn1)c1ccnc2c1OCCO2.S. The summed E-state index contributed by atoms with van der Waals surface area (Å²) in [6.45, 7) is 3.73. The zero-order valence-corrected chi connectivity index (χ0v) is 18.4. The summed E-state index contributed by atoms with van der Waals surface area (Å²) in [5, 5.41) is 4.06. The Morgan fingerprint density at radius 3 is 2.81 bits per heavy atom. The summed E-state index contributed by atoms with van der Waals surface area (Å²) < 4.78 is 25.8. The molecule has 1 atom stereocenters. The Hall–Kier alpha value is -3.46. The topological polar surface area (TPSA) is 82.1 Å². The highest BCUT2D eigenvalue weighted by molar-refractivity contribution is 7.59. The average Bonchev–Trinajstić information content (AvgIpc) is 2.82. The average molecular weight is 452 g/mol. The number of nitrogens with one attached hydrogen (secondary N) is 1. The second-order valence-electron chi connectivity index (χ2n) is 7.34.